The molecule has 0 radical (unpaired) electrons. The van der Waals surface area contributed by atoms with Crippen LogP contribution in [-0.4, -0.2) is 18.2 Å². The van der Waals surface area contributed by atoms with E-state index in [1.54, 1.807) is 12.1 Å². The zero-order chi connectivity index (χ0) is 16.0. The molecule has 21 heavy (non-hydrogen) atoms. The molecule has 0 aliphatic heterocycles. The summed E-state index contributed by atoms with van der Waals surface area (Å²) in [6.07, 6.45) is 0. The van der Waals surface area contributed by atoms with Crippen molar-refractivity contribution in [2.24, 2.45) is 0 Å². The van der Waals surface area contributed by atoms with Crippen LogP contribution in [-0.2, 0) is 0 Å². The molecule has 0 spiro atoms. The lowest BCUT2D eigenvalue weighted by Gasteiger charge is -2.36. The van der Waals surface area contributed by atoms with Crippen LogP contribution in [0.15, 0.2) is 29.1 Å². The average molecular weight is 306 g/mol. The van der Waals surface area contributed by atoms with E-state index in [-0.39, 0.29) is 16.3 Å². The van der Waals surface area contributed by atoms with Crippen LogP contribution in [0.4, 0.5) is 5.69 Å². The van der Waals surface area contributed by atoms with Gasteiger partial charge in [0.2, 0.25) is 0 Å². The Morgan fingerprint density at radius 1 is 1.19 bits per heavy atom. The third kappa shape index (κ3) is 2.63. The summed E-state index contributed by atoms with van der Waals surface area (Å²) < 4.78 is 7.27. The van der Waals surface area contributed by atoms with E-state index in [4.69, 9.17) is 10.3 Å². The van der Waals surface area contributed by atoms with Gasteiger partial charge in [0.15, 0.2) is 0 Å². The summed E-state index contributed by atoms with van der Waals surface area (Å²) >= 11 is 0. The van der Waals surface area contributed by atoms with E-state index >= 15 is 0 Å². The first-order valence-corrected chi connectivity index (χ1v) is 9.78. The molecular weight excluding hydrogens is 284 g/mol. The molecule has 5 nitrogen and oxygen atoms in total. The summed E-state index contributed by atoms with van der Waals surface area (Å²) in [4.78, 5) is 12.2. The molecule has 0 bridgehead atoms. The van der Waals surface area contributed by atoms with E-state index in [0.29, 0.717) is 16.6 Å². The maximum Gasteiger partial charge on any atom is 0.284 e. The second-order valence-corrected chi connectivity index (χ2v) is 11.5. The van der Waals surface area contributed by atoms with Crippen LogP contribution in [0.1, 0.15) is 20.8 Å². The molecule has 1 aromatic heterocycles. The van der Waals surface area contributed by atoms with Gasteiger partial charge in [0.25, 0.3) is 13.9 Å². The minimum atomic E-state index is -2.22. The van der Waals surface area contributed by atoms with Crippen molar-refractivity contribution >= 4 is 24.9 Å². The molecule has 2 aromatic rings. The van der Waals surface area contributed by atoms with Gasteiger partial charge in [-0.05, 0) is 36.3 Å². The van der Waals surface area contributed by atoms with Crippen LogP contribution in [0.3, 0.4) is 0 Å². The molecule has 0 amide bonds. The zero-order valence-electron chi connectivity index (χ0n) is 13.1. The van der Waals surface area contributed by atoms with Crippen molar-refractivity contribution in [3.05, 3.63) is 34.6 Å². The molecule has 1 aromatic carbocycles. The maximum absolute atomic E-state index is 12.2. The van der Waals surface area contributed by atoms with E-state index in [2.05, 4.69) is 20.8 Å². The first-order valence-electron chi connectivity index (χ1n) is 6.87. The first kappa shape index (κ1) is 15.4. The number of nitrogens with two attached hydrogens (primary N) is 1. The molecular formula is C15H22N2O3Si. The molecule has 114 valence electrons. The smallest absolute Gasteiger partial charge is 0.284 e. The quantitative estimate of drug-likeness (QED) is 0.508. The van der Waals surface area contributed by atoms with E-state index < -0.39 is 8.32 Å². The number of aromatic hydroxyl groups is 1. The minimum absolute atomic E-state index is 0.0180. The molecule has 0 saturated heterocycles. The number of hydrogen-bond donors (Lipinski definition) is 2. The summed E-state index contributed by atoms with van der Waals surface area (Å²) in [5.41, 5.74) is 6.43. The second-order valence-electron chi connectivity index (χ2n) is 6.75. The Hall–Kier alpha value is -1.95. The Labute approximate surface area is 125 Å². The van der Waals surface area contributed by atoms with Gasteiger partial charge < -0.3 is 15.4 Å². The van der Waals surface area contributed by atoms with Crippen LogP contribution in [0.25, 0.3) is 10.9 Å². The summed E-state index contributed by atoms with van der Waals surface area (Å²) in [6.45, 7) is 10.3. The molecule has 0 unspecified atom stereocenters. The van der Waals surface area contributed by atoms with E-state index in [0.717, 1.165) is 0 Å². The second kappa shape index (κ2) is 4.80. The normalized spacial score (nSPS) is 12.6. The van der Waals surface area contributed by atoms with Crippen molar-refractivity contribution in [3.63, 3.8) is 0 Å². The van der Waals surface area contributed by atoms with Crippen molar-refractivity contribution in [3.8, 4) is 5.75 Å². The standard InChI is InChI=1S/C15H22N2O3Si/c1-15(2,3)21(4,5)20-17-13(19)9-6-10-11(16)7-8-12(18)14(10)17/h6-9,18H,16H2,1-5H3. The monoisotopic (exact) mass is 306 g/mol. The van der Waals surface area contributed by atoms with Gasteiger partial charge in [-0.25, -0.2) is 0 Å². The summed E-state index contributed by atoms with van der Waals surface area (Å²) in [5, 5.41) is 10.7. The lowest BCUT2D eigenvalue weighted by atomic mass is 10.1. The van der Waals surface area contributed by atoms with E-state index in [1.165, 1.54) is 16.9 Å². The highest BCUT2D eigenvalue weighted by Crippen LogP contribution is 2.36. The predicted molar refractivity (Wildman–Crippen MR) is 88.1 cm³/mol. The Morgan fingerprint density at radius 2 is 1.81 bits per heavy atom. The lowest BCUT2D eigenvalue weighted by Crippen LogP contribution is -2.50. The number of pyridine rings is 1. The third-order valence-corrected chi connectivity index (χ3v) is 8.40. The number of benzene rings is 1. The number of fused-ring (bicyclic) bond motifs is 1. The number of hydrogen-bond acceptors (Lipinski definition) is 4. The number of anilines is 1. The van der Waals surface area contributed by atoms with Gasteiger partial charge in [0, 0.05) is 17.1 Å². The van der Waals surface area contributed by atoms with Crippen LogP contribution < -0.4 is 15.8 Å². The minimum Gasteiger partial charge on any atom is -0.506 e. The fraction of sp³-hybridized carbons (Fsp3) is 0.400. The first-order chi connectivity index (χ1) is 9.54. The fourth-order valence-electron chi connectivity index (χ4n) is 1.79. The van der Waals surface area contributed by atoms with Gasteiger partial charge >= 0.3 is 0 Å². The molecule has 2 rings (SSSR count). The summed E-state index contributed by atoms with van der Waals surface area (Å²) in [5.74, 6) is -0.0180. The third-order valence-electron chi connectivity index (χ3n) is 4.15. The topological polar surface area (TPSA) is 77.5 Å². The number of aromatic nitrogens is 1. The highest BCUT2D eigenvalue weighted by molar-refractivity contribution is 6.74. The summed E-state index contributed by atoms with van der Waals surface area (Å²) in [7, 11) is -2.22. The maximum atomic E-state index is 12.2. The predicted octanol–water partition coefficient (Wildman–Crippen LogP) is 2.72. The number of nitrogens with zero attached hydrogens (tertiary/aromatic N) is 1. The molecule has 3 N–H and O–H groups in total. The highest BCUT2D eigenvalue weighted by atomic mass is 28.4. The van der Waals surface area contributed by atoms with E-state index in [9.17, 15) is 9.90 Å². The number of rotatable bonds is 2. The van der Waals surface area contributed by atoms with Crippen LogP contribution in [0.5, 0.6) is 5.75 Å². The van der Waals surface area contributed by atoms with Gasteiger partial charge in [0.05, 0.1) is 0 Å². The molecule has 0 aliphatic rings. The largest absolute Gasteiger partial charge is 0.506 e. The molecule has 1 heterocycles. The Kier molecular flexibility index (Phi) is 3.53. The highest BCUT2D eigenvalue weighted by Gasteiger charge is 2.40. The van der Waals surface area contributed by atoms with Crippen molar-refractivity contribution in [1.29, 1.82) is 0 Å². The SMILES string of the molecule is CC(C)(C)[Si](C)(C)On1c(=O)ccc2c(N)ccc(O)c21. The molecule has 0 aliphatic carbocycles. The van der Waals surface area contributed by atoms with E-state index in [1.807, 2.05) is 13.1 Å². The Bertz CT molecular complexity index is 745. The molecule has 6 heteroatoms. The fourth-order valence-corrected chi connectivity index (χ4v) is 2.70. The molecule has 0 atom stereocenters. The van der Waals surface area contributed by atoms with Gasteiger partial charge in [-0.1, -0.05) is 20.8 Å². The Morgan fingerprint density at radius 3 is 2.38 bits per heavy atom. The Balaban J connectivity index is 2.73. The average Bonchev–Trinajstić information content (AvgIpc) is 2.35. The van der Waals surface area contributed by atoms with Gasteiger partial charge in [0.1, 0.15) is 11.3 Å². The number of nitrogen functional groups attached to an aromatic ring is 1. The van der Waals surface area contributed by atoms with Crippen LogP contribution in [0.2, 0.25) is 18.1 Å². The van der Waals surface area contributed by atoms with Crippen molar-refractivity contribution < 1.29 is 9.63 Å². The van der Waals surface area contributed by atoms with Crippen LogP contribution >= 0.6 is 0 Å². The zero-order valence-corrected chi connectivity index (χ0v) is 14.1. The van der Waals surface area contributed by atoms with Gasteiger partial charge in [-0.2, -0.15) is 4.73 Å². The number of phenolic OH excluding ortho intramolecular Hbond substituents is 1. The van der Waals surface area contributed by atoms with Crippen LogP contribution in [0, 0.1) is 0 Å². The van der Waals surface area contributed by atoms with Gasteiger partial charge in [-0.15, -0.1) is 0 Å². The van der Waals surface area contributed by atoms with Crippen molar-refractivity contribution in [2.45, 2.75) is 38.9 Å². The van der Waals surface area contributed by atoms with Crippen molar-refractivity contribution in [1.82, 2.24) is 4.73 Å². The number of phenols is 1. The summed E-state index contributed by atoms with van der Waals surface area (Å²) in [6, 6.07) is 6.10. The van der Waals surface area contributed by atoms with Crippen molar-refractivity contribution in [2.75, 3.05) is 5.73 Å². The lowest BCUT2D eigenvalue weighted by molar-refractivity contribution is 0.249. The van der Waals surface area contributed by atoms with Gasteiger partial charge in [-0.3, -0.25) is 4.79 Å². The molecule has 0 saturated carbocycles. The molecule has 0 fully saturated rings.